The number of anilines is 1. The molecule has 1 aromatic carbocycles. The van der Waals surface area contributed by atoms with Gasteiger partial charge in [-0.1, -0.05) is 11.6 Å². The second kappa shape index (κ2) is 5.71. The summed E-state index contributed by atoms with van der Waals surface area (Å²) in [6, 6.07) is 4.46. The van der Waals surface area contributed by atoms with E-state index in [4.69, 9.17) is 11.6 Å². The lowest BCUT2D eigenvalue weighted by Gasteiger charge is -2.27. The van der Waals surface area contributed by atoms with Crippen molar-refractivity contribution in [2.24, 2.45) is 0 Å². The number of hydrogen-bond acceptors (Lipinski definition) is 2. The smallest absolute Gasteiger partial charge is 0.318 e. The first-order chi connectivity index (χ1) is 9.38. The number of carbonyl (C=O) groups is 2. The summed E-state index contributed by atoms with van der Waals surface area (Å²) in [5, 5.41) is 6.21. The van der Waals surface area contributed by atoms with Crippen LogP contribution in [0, 0.1) is 0 Å². The number of nitrogens with zero attached hydrogens (tertiary/aromatic N) is 1. The Morgan fingerprint density at radius 3 is 2.85 bits per heavy atom. The highest BCUT2D eigenvalue weighted by molar-refractivity contribution is 6.30. The van der Waals surface area contributed by atoms with E-state index in [1.54, 1.807) is 25.1 Å². The summed E-state index contributed by atoms with van der Waals surface area (Å²) in [5.41, 5.74) is 1.53. The third kappa shape index (κ3) is 3.04. The Morgan fingerprint density at radius 2 is 2.20 bits per heavy atom. The minimum Gasteiger partial charge on any atom is -0.336 e. The van der Waals surface area contributed by atoms with Crippen LogP contribution in [-0.4, -0.2) is 28.9 Å². The number of nitrogens with one attached hydrogen (secondary N) is 2. The second-order valence-electron chi connectivity index (χ2n) is 5.20. The van der Waals surface area contributed by atoms with Crippen molar-refractivity contribution in [3.8, 4) is 0 Å². The number of fused-ring (bicyclic) bond motifs is 1. The van der Waals surface area contributed by atoms with Crippen molar-refractivity contribution >= 4 is 29.2 Å². The molecule has 2 rings (SSSR count). The first-order valence-corrected chi connectivity index (χ1v) is 6.92. The van der Waals surface area contributed by atoms with Crippen molar-refractivity contribution < 1.29 is 9.59 Å². The lowest BCUT2D eigenvalue weighted by Crippen LogP contribution is -2.49. The van der Waals surface area contributed by atoms with Crippen molar-refractivity contribution in [2.75, 3.05) is 5.32 Å². The number of carbonyl (C=O) groups excluding carboxylic acids is 2. The van der Waals surface area contributed by atoms with Gasteiger partial charge in [0.25, 0.3) is 0 Å². The van der Waals surface area contributed by atoms with Crippen LogP contribution < -0.4 is 10.6 Å². The summed E-state index contributed by atoms with van der Waals surface area (Å²) in [6.07, 6.45) is 0. The quantitative estimate of drug-likeness (QED) is 0.836. The normalized spacial score (nSPS) is 18.4. The summed E-state index contributed by atoms with van der Waals surface area (Å²) >= 11 is 5.98. The number of hydrogen-bond donors (Lipinski definition) is 2. The molecule has 0 radical (unpaired) electrons. The lowest BCUT2D eigenvalue weighted by molar-refractivity contribution is -0.119. The molecule has 0 saturated heterocycles. The van der Waals surface area contributed by atoms with E-state index in [0.29, 0.717) is 17.3 Å². The maximum absolute atomic E-state index is 12.2. The van der Waals surface area contributed by atoms with Gasteiger partial charge in [0, 0.05) is 16.8 Å². The number of benzene rings is 1. The van der Waals surface area contributed by atoms with Crippen LogP contribution in [0.2, 0.25) is 5.02 Å². The van der Waals surface area contributed by atoms with E-state index < -0.39 is 6.04 Å². The fourth-order valence-electron chi connectivity index (χ4n) is 2.09. The predicted octanol–water partition coefficient (Wildman–Crippen LogP) is 2.60. The zero-order valence-corrected chi connectivity index (χ0v) is 12.5. The van der Waals surface area contributed by atoms with E-state index in [-0.39, 0.29) is 18.0 Å². The predicted molar refractivity (Wildman–Crippen MR) is 78.8 cm³/mol. The molecule has 1 aromatic rings. The van der Waals surface area contributed by atoms with Crippen LogP contribution >= 0.6 is 11.6 Å². The zero-order chi connectivity index (χ0) is 14.9. The molecular formula is C14H18ClN3O2. The monoisotopic (exact) mass is 295 g/mol. The van der Waals surface area contributed by atoms with Crippen LogP contribution in [0.5, 0.6) is 0 Å². The van der Waals surface area contributed by atoms with Crippen LogP contribution in [0.25, 0.3) is 0 Å². The first kappa shape index (κ1) is 14.7. The molecule has 0 aromatic heterocycles. The molecule has 5 nitrogen and oxygen atoms in total. The lowest BCUT2D eigenvalue weighted by atomic mass is 10.1. The third-order valence-electron chi connectivity index (χ3n) is 3.19. The fraction of sp³-hybridized carbons (Fsp3) is 0.429. The summed E-state index contributed by atoms with van der Waals surface area (Å²) < 4.78 is 0. The highest BCUT2D eigenvalue weighted by Gasteiger charge is 2.30. The molecule has 2 N–H and O–H groups in total. The van der Waals surface area contributed by atoms with Gasteiger partial charge in [-0.15, -0.1) is 0 Å². The fourth-order valence-corrected chi connectivity index (χ4v) is 2.29. The maximum Gasteiger partial charge on any atom is 0.318 e. The van der Waals surface area contributed by atoms with Gasteiger partial charge in [0.1, 0.15) is 6.04 Å². The van der Waals surface area contributed by atoms with Crippen molar-refractivity contribution in [3.05, 3.63) is 28.8 Å². The molecular weight excluding hydrogens is 278 g/mol. The van der Waals surface area contributed by atoms with Gasteiger partial charge in [0.05, 0.1) is 6.54 Å². The van der Waals surface area contributed by atoms with Gasteiger partial charge in [-0.2, -0.15) is 0 Å². The topological polar surface area (TPSA) is 61.4 Å². The van der Waals surface area contributed by atoms with Gasteiger partial charge >= 0.3 is 6.03 Å². The molecule has 1 aliphatic rings. The largest absolute Gasteiger partial charge is 0.336 e. The molecule has 0 aliphatic carbocycles. The second-order valence-corrected chi connectivity index (χ2v) is 5.64. The summed E-state index contributed by atoms with van der Waals surface area (Å²) in [7, 11) is 0. The summed E-state index contributed by atoms with van der Waals surface area (Å²) in [5.74, 6) is -0.204. The number of amides is 3. The molecule has 0 unspecified atom stereocenters. The molecule has 1 atom stereocenters. The molecule has 1 heterocycles. The van der Waals surface area contributed by atoms with Gasteiger partial charge in [0.2, 0.25) is 5.91 Å². The van der Waals surface area contributed by atoms with Crippen molar-refractivity contribution in [3.63, 3.8) is 0 Å². The molecule has 108 valence electrons. The maximum atomic E-state index is 12.2. The van der Waals surface area contributed by atoms with E-state index >= 15 is 0 Å². The summed E-state index contributed by atoms with van der Waals surface area (Å²) in [4.78, 5) is 25.8. The molecule has 0 spiro atoms. The van der Waals surface area contributed by atoms with Gasteiger partial charge in [-0.25, -0.2) is 4.79 Å². The molecule has 0 saturated carbocycles. The number of halogens is 1. The Morgan fingerprint density at radius 1 is 1.50 bits per heavy atom. The highest BCUT2D eigenvalue weighted by Crippen LogP contribution is 2.26. The molecule has 6 heteroatoms. The SMILES string of the molecule is CC(C)NC(=O)N1Cc2cc(Cl)ccc2NC(=O)[C@@H]1C. The molecule has 1 aliphatic heterocycles. The van der Waals surface area contributed by atoms with Crippen molar-refractivity contribution in [2.45, 2.75) is 39.4 Å². The molecule has 0 bridgehead atoms. The van der Waals surface area contributed by atoms with E-state index in [1.165, 1.54) is 4.90 Å². The first-order valence-electron chi connectivity index (χ1n) is 6.55. The van der Waals surface area contributed by atoms with Gasteiger partial charge in [-0.3, -0.25) is 4.79 Å². The van der Waals surface area contributed by atoms with Crippen LogP contribution in [0.3, 0.4) is 0 Å². The van der Waals surface area contributed by atoms with Crippen molar-refractivity contribution in [1.82, 2.24) is 10.2 Å². The average molecular weight is 296 g/mol. The van der Waals surface area contributed by atoms with Crippen LogP contribution in [0.1, 0.15) is 26.3 Å². The molecule has 3 amide bonds. The van der Waals surface area contributed by atoms with Gasteiger partial charge in [0.15, 0.2) is 0 Å². The number of urea groups is 1. The Balaban J connectivity index is 2.33. The van der Waals surface area contributed by atoms with E-state index in [2.05, 4.69) is 10.6 Å². The van der Waals surface area contributed by atoms with Gasteiger partial charge < -0.3 is 15.5 Å². The van der Waals surface area contributed by atoms with Crippen LogP contribution in [0.15, 0.2) is 18.2 Å². The van der Waals surface area contributed by atoms with Crippen LogP contribution in [-0.2, 0) is 11.3 Å². The van der Waals surface area contributed by atoms with Gasteiger partial charge in [-0.05, 0) is 44.5 Å². The van der Waals surface area contributed by atoms with Crippen LogP contribution in [0.4, 0.5) is 10.5 Å². The summed E-state index contributed by atoms with van der Waals surface area (Å²) in [6.45, 7) is 5.81. The average Bonchev–Trinajstić information content (AvgIpc) is 2.47. The Kier molecular flexibility index (Phi) is 4.18. The van der Waals surface area contributed by atoms with E-state index in [0.717, 1.165) is 5.56 Å². The Bertz CT molecular complexity index is 545. The van der Waals surface area contributed by atoms with E-state index in [9.17, 15) is 9.59 Å². The molecule has 20 heavy (non-hydrogen) atoms. The molecule has 0 fully saturated rings. The number of rotatable bonds is 1. The van der Waals surface area contributed by atoms with Crippen molar-refractivity contribution in [1.29, 1.82) is 0 Å². The third-order valence-corrected chi connectivity index (χ3v) is 3.42. The van der Waals surface area contributed by atoms with E-state index in [1.807, 2.05) is 13.8 Å². The Labute approximate surface area is 123 Å². The standard InChI is InChI=1S/C14H18ClN3O2/c1-8(2)16-14(20)18-7-10-6-11(15)4-5-12(10)17-13(19)9(18)3/h4-6,8-9H,7H2,1-3H3,(H,16,20)(H,17,19)/t9-/m0/s1. The highest BCUT2D eigenvalue weighted by atomic mass is 35.5. The minimum atomic E-state index is -0.542. The minimum absolute atomic E-state index is 0.0137. The Hall–Kier alpha value is -1.75. The zero-order valence-electron chi connectivity index (χ0n) is 11.7.